The number of nitrogens with zero attached hydrogens (tertiary/aromatic N) is 2. The van der Waals surface area contributed by atoms with Crippen molar-refractivity contribution in [2.24, 2.45) is 0 Å². The number of aromatic nitrogens is 2. The summed E-state index contributed by atoms with van der Waals surface area (Å²) in [6.07, 6.45) is 0. The van der Waals surface area contributed by atoms with Gasteiger partial charge in [0.15, 0.2) is 0 Å². The van der Waals surface area contributed by atoms with E-state index in [1.165, 1.54) is 12.1 Å². The molecular weight excluding hydrogens is 219 g/mol. The number of fused-ring (bicyclic) bond motifs is 1. The Morgan fingerprint density at radius 3 is 2.82 bits per heavy atom. The van der Waals surface area contributed by atoms with Gasteiger partial charge in [0.05, 0.1) is 0 Å². The Morgan fingerprint density at radius 1 is 1.12 bits per heavy atom. The fourth-order valence-electron chi connectivity index (χ4n) is 1.65. The highest BCUT2D eigenvalue weighted by Crippen LogP contribution is 2.23. The van der Waals surface area contributed by atoms with E-state index in [0.29, 0.717) is 22.7 Å². The zero-order valence-electron chi connectivity index (χ0n) is 9.14. The molecule has 3 nitrogen and oxygen atoms in total. The number of aryl methyl sites for hydroxylation is 1. The average Bonchev–Trinajstić information content (AvgIpc) is 2.72. The molecule has 0 aliphatic rings. The summed E-state index contributed by atoms with van der Waals surface area (Å²) >= 11 is 0. The molecule has 0 radical (unpaired) electrons. The normalized spacial score (nSPS) is 10.9. The van der Waals surface area contributed by atoms with Crippen LogP contribution in [-0.4, -0.2) is 9.97 Å². The molecule has 0 unspecified atom stereocenters. The fourth-order valence-corrected chi connectivity index (χ4v) is 1.65. The zero-order chi connectivity index (χ0) is 11.8. The van der Waals surface area contributed by atoms with Crippen LogP contribution >= 0.6 is 0 Å². The molecule has 0 bridgehead atoms. The van der Waals surface area contributed by atoms with Crippen molar-refractivity contribution in [1.82, 2.24) is 9.97 Å². The molecule has 0 saturated heterocycles. The molecule has 0 fully saturated rings. The zero-order valence-corrected chi connectivity index (χ0v) is 9.14. The summed E-state index contributed by atoms with van der Waals surface area (Å²) in [4.78, 5) is 8.49. The maximum atomic E-state index is 13.1. The van der Waals surface area contributed by atoms with Crippen LogP contribution in [0.4, 0.5) is 4.39 Å². The lowest BCUT2D eigenvalue weighted by Crippen LogP contribution is -1.79. The standard InChI is InChI=1S/C13H9FN2O/c1-8-5-6-11-13(15-8)17-12(16-11)9-3-2-4-10(14)7-9/h2-7H,1H3. The number of benzene rings is 1. The van der Waals surface area contributed by atoms with Gasteiger partial charge in [-0.3, -0.25) is 0 Å². The second-order valence-electron chi connectivity index (χ2n) is 3.81. The van der Waals surface area contributed by atoms with Gasteiger partial charge in [-0.25, -0.2) is 14.4 Å². The number of hydrogen-bond acceptors (Lipinski definition) is 3. The first kappa shape index (κ1) is 9.96. The topological polar surface area (TPSA) is 38.9 Å². The third-order valence-corrected chi connectivity index (χ3v) is 2.47. The third-order valence-electron chi connectivity index (χ3n) is 2.47. The lowest BCUT2D eigenvalue weighted by Gasteiger charge is -1.93. The summed E-state index contributed by atoms with van der Waals surface area (Å²) < 4.78 is 18.6. The number of oxazole rings is 1. The second-order valence-corrected chi connectivity index (χ2v) is 3.81. The quantitative estimate of drug-likeness (QED) is 0.641. The van der Waals surface area contributed by atoms with Crippen molar-refractivity contribution in [3.8, 4) is 11.5 Å². The van der Waals surface area contributed by atoms with E-state index in [1.807, 2.05) is 19.1 Å². The van der Waals surface area contributed by atoms with Crippen LogP contribution in [0.3, 0.4) is 0 Å². The van der Waals surface area contributed by atoms with Crippen LogP contribution in [0.25, 0.3) is 22.7 Å². The van der Waals surface area contributed by atoms with Gasteiger partial charge in [0, 0.05) is 11.3 Å². The maximum absolute atomic E-state index is 13.1. The molecule has 1 aromatic carbocycles. The highest BCUT2D eigenvalue weighted by Gasteiger charge is 2.09. The van der Waals surface area contributed by atoms with E-state index in [9.17, 15) is 4.39 Å². The molecule has 4 heteroatoms. The molecule has 17 heavy (non-hydrogen) atoms. The van der Waals surface area contributed by atoms with Crippen LogP contribution < -0.4 is 0 Å². The van der Waals surface area contributed by atoms with E-state index in [0.717, 1.165) is 5.69 Å². The van der Waals surface area contributed by atoms with Gasteiger partial charge >= 0.3 is 0 Å². The van der Waals surface area contributed by atoms with Gasteiger partial charge in [0.1, 0.15) is 11.3 Å². The van der Waals surface area contributed by atoms with E-state index >= 15 is 0 Å². The molecule has 3 rings (SSSR count). The van der Waals surface area contributed by atoms with E-state index in [-0.39, 0.29) is 5.82 Å². The minimum absolute atomic E-state index is 0.311. The summed E-state index contributed by atoms with van der Waals surface area (Å²) in [5, 5.41) is 0. The highest BCUT2D eigenvalue weighted by atomic mass is 19.1. The molecule has 2 heterocycles. The summed E-state index contributed by atoms with van der Waals surface area (Å²) in [6, 6.07) is 9.84. The third kappa shape index (κ3) is 1.78. The molecule has 3 aromatic rings. The lowest BCUT2D eigenvalue weighted by molar-refractivity contribution is 0.601. The van der Waals surface area contributed by atoms with Crippen LogP contribution in [0.5, 0.6) is 0 Å². The molecule has 0 saturated carbocycles. The van der Waals surface area contributed by atoms with Crippen molar-refractivity contribution in [3.63, 3.8) is 0 Å². The van der Waals surface area contributed by atoms with Gasteiger partial charge in [0.2, 0.25) is 11.6 Å². The van der Waals surface area contributed by atoms with E-state index in [4.69, 9.17) is 4.42 Å². The van der Waals surface area contributed by atoms with Gasteiger partial charge in [-0.2, -0.15) is 0 Å². The summed E-state index contributed by atoms with van der Waals surface area (Å²) in [6.45, 7) is 1.88. The fraction of sp³-hybridized carbons (Fsp3) is 0.0769. The predicted molar refractivity (Wildman–Crippen MR) is 61.9 cm³/mol. The molecule has 0 spiro atoms. The van der Waals surface area contributed by atoms with Gasteiger partial charge in [-0.1, -0.05) is 6.07 Å². The monoisotopic (exact) mass is 228 g/mol. The summed E-state index contributed by atoms with van der Waals surface area (Å²) in [5.41, 5.74) is 2.62. The molecule has 0 amide bonds. The largest absolute Gasteiger partial charge is 0.418 e. The molecule has 84 valence electrons. The van der Waals surface area contributed by atoms with Crippen LogP contribution in [-0.2, 0) is 0 Å². The van der Waals surface area contributed by atoms with Crippen LogP contribution in [0.2, 0.25) is 0 Å². The first-order valence-corrected chi connectivity index (χ1v) is 5.22. The molecule has 0 aliphatic carbocycles. The lowest BCUT2D eigenvalue weighted by atomic mass is 10.2. The summed E-state index contributed by atoms with van der Waals surface area (Å²) in [7, 11) is 0. The number of halogens is 1. The smallest absolute Gasteiger partial charge is 0.247 e. The Kier molecular flexibility index (Phi) is 2.14. The minimum atomic E-state index is -0.311. The van der Waals surface area contributed by atoms with Crippen molar-refractivity contribution in [3.05, 3.63) is 47.9 Å². The Balaban J connectivity index is 2.18. The van der Waals surface area contributed by atoms with Crippen molar-refractivity contribution < 1.29 is 8.81 Å². The molecule has 0 N–H and O–H groups in total. The Hall–Kier alpha value is -2.23. The molecule has 0 aliphatic heterocycles. The van der Waals surface area contributed by atoms with Crippen LogP contribution in [0.1, 0.15) is 5.69 Å². The van der Waals surface area contributed by atoms with Crippen LogP contribution in [0, 0.1) is 12.7 Å². The van der Waals surface area contributed by atoms with Crippen molar-refractivity contribution >= 4 is 11.2 Å². The number of hydrogen-bond donors (Lipinski definition) is 0. The van der Waals surface area contributed by atoms with E-state index in [1.54, 1.807) is 12.1 Å². The van der Waals surface area contributed by atoms with Crippen molar-refractivity contribution in [2.75, 3.05) is 0 Å². The molecule has 2 aromatic heterocycles. The summed E-state index contributed by atoms with van der Waals surface area (Å²) in [5.74, 6) is 0.0755. The Bertz CT molecular complexity index is 691. The van der Waals surface area contributed by atoms with Crippen molar-refractivity contribution in [1.29, 1.82) is 0 Å². The van der Waals surface area contributed by atoms with Crippen molar-refractivity contribution in [2.45, 2.75) is 6.92 Å². The maximum Gasteiger partial charge on any atom is 0.247 e. The Morgan fingerprint density at radius 2 is 2.00 bits per heavy atom. The predicted octanol–water partition coefficient (Wildman–Crippen LogP) is 3.34. The van der Waals surface area contributed by atoms with E-state index in [2.05, 4.69) is 9.97 Å². The van der Waals surface area contributed by atoms with E-state index < -0.39 is 0 Å². The van der Waals surface area contributed by atoms with Gasteiger partial charge in [0.25, 0.3) is 0 Å². The second kappa shape index (κ2) is 3.66. The van der Waals surface area contributed by atoms with Gasteiger partial charge in [-0.15, -0.1) is 0 Å². The number of rotatable bonds is 1. The number of pyridine rings is 1. The van der Waals surface area contributed by atoms with Gasteiger partial charge < -0.3 is 4.42 Å². The molecule has 0 atom stereocenters. The first-order chi connectivity index (χ1) is 8.22. The van der Waals surface area contributed by atoms with Gasteiger partial charge in [-0.05, 0) is 37.3 Å². The highest BCUT2D eigenvalue weighted by molar-refractivity contribution is 5.72. The average molecular weight is 228 g/mol. The SMILES string of the molecule is Cc1ccc2nc(-c3cccc(F)c3)oc2n1. The Labute approximate surface area is 96.9 Å². The molecular formula is C13H9FN2O. The minimum Gasteiger partial charge on any atom is -0.418 e. The van der Waals surface area contributed by atoms with Crippen LogP contribution in [0.15, 0.2) is 40.8 Å². The first-order valence-electron chi connectivity index (χ1n) is 5.22.